The van der Waals surface area contributed by atoms with E-state index in [2.05, 4.69) is 5.32 Å². The number of rotatable bonds is 6. The summed E-state index contributed by atoms with van der Waals surface area (Å²) in [7, 11) is 0. The second kappa shape index (κ2) is 7.34. The molecule has 0 bridgehead atoms. The van der Waals surface area contributed by atoms with E-state index in [4.69, 9.17) is 13.9 Å². The normalized spacial score (nSPS) is 18.2. The summed E-state index contributed by atoms with van der Waals surface area (Å²) in [6.07, 6.45) is 1.55. The number of nitrogens with one attached hydrogen (secondary N) is 1. The summed E-state index contributed by atoms with van der Waals surface area (Å²) < 4.78 is 16.2. The van der Waals surface area contributed by atoms with E-state index in [0.717, 1.165) is 17.1 Å². The standard InChI is InChI=1S/C20H22N2O5/c1-13-2-4-15(27-13)8-9-21-20(24)16-5-7-19(23)22(16)11-14-3-6-17-18(10-14)26-12-25-17/h2-4,6,10,16H,5,7-9,11-12H2,1H3,(H,21,24). The van der Waals surface area contributed by atoms with E-state index >= 15 is 0 Å². The Morgan fingerprint density at radius 1 is 1.22 bits per heavy atom. The van der Waals surface area contributed by atoms with E-state index in [-0.39, 0.29) is 18.6 Å². The molecule has 2 amide bonds. The van der Waals surface area contributed by atoms with Crippen LogP contribution in [-0.4, -0.2) is 36.1 Å². The smallest absolute Gasteiger partial charge is 0.242 e. The lowest BCUT2D eigenvalue weighted by Gasteiger charge is -2.24. The Hall–Kier alpha value is -2.96. The number of amides is 2. The van der Waals surface area contributed by atoms with Gasteiger partial charge in [0.1, 0.15) is 17.6 Å². The molecule has 0 radical (unpaired) electrons. The summed E-state index contributed by atoms with van der Waals surface area (Å²) in [6.45, 7) is 2.96. The molecule has 1 aromatic carbocycles. The molecule has 1 saturated heterocycles. The molecule has 27 heavy (non-hydrogen) atoms. The monoisotopic (exact) mass is 370 g/mol. The van der Waals surface area contributed by atoms with Crippen LogP contribution in [0.2, 0.25) is 0 Å². The van der Waals surface area contributed by atoms with E-state index in [1.54, 1.807) is 4.90 Å². The van der Waals surface area contributed by atoms with Gasteiger partial charge in [-0.15, -0.1) is 0 Å². The highest BCUT2D eigenvalue weighted by atomic mass is 16.7. The van der Waals surface area contributed by atoms with Gasteiger partial charge in [0.15, 0.2) is 11.5 Å². The van der Waals surface area contributed by atoms with Gasteiger partial charge in [0.25, 0.3) is 0 Å². The molecule has 1 atom stereocenters. The predicted molar refractivity (Wildman–Crippen MR) is 96.3 cm³/mol. The highest BCUT2D eigenvalue weighted by Crippen LogP contribution is 2.33. The zero-order chi connectivity index (χ0) is 18.8. The third kappa shape index (κ3) is 3.77. The summed E-state index contributed by atoms with van der Waals surface area (Å²) in [4.78, 5) is 26.5. The zero-order valence-corrected chi connectivity index (χ0v) is 15.2. The number of carbonyl (C=O) groups is 2. The molecule has 1 fully saturated rings. The van der Waals surface area contributed by atoms with Gasteiger partial charge >= 0.3 is 0 Å². The molecule has 7 nitrogen and oxygen atoms in total. The Balaban J connectivity index is 1.36. The van der Waals surface area contributed by atoms with E-state index in [1.807, 2.05) is 37.3 Å². The minimum atomic E-state index is -0.443. The summed E-state index contributed by atoms with van der Waals surface area (Å²) in [6, 6.07) is 8.96. The molecule has 1 aromatic heterocycles. The lowest BCUT2D eigenvalue weighted by atomic mass is 10.1. The lowest BCUT2D eigenvalue weighted by Crippen LogP contribution is -2.44. The van der Waals surface area contributed by atoms with Gasteiger partial charge in [-0.1, -0.05) is 6.07 Å². The largest absolute Gasteiger partial charge is 0.466 e. The first kappa shape index (κ1) is 17.5. The molecule has 0 aliphatic carbocycles. The number of furan rings is 1. The SMILES string of the molecule is Cc1ccc(CCNC(=O)C2CCC(=O)N2Cc2ccc3c(c2)OCO3)o1. The molecular formula is C20H22N2O5. The van der Waals surface area contributed by atoms with Crippen molar-refractivity contribution in [2.24, 2.45) is 0 Å². The molecular weight excluding hydrogens is 348 g/mol. The van der Waals surface area contributed by atoms with Crippen LogP contribution in [-0.2, 0) is 22.6 Å². The fourth-order valence-corrected chi connectivity index (χ4v) is 3.49. The molecule has 0 saturated carbocycles. The number of aryl methyl sites for hydroxylation is 1. The van der Waals surface area contributed by atoms with Crippen molar-refractivity contribution in [3.8, 4) is 11.5 Å². The number of hydrogen-bond donors (Lipinski definition) is 1. The first-order valence-corrected chi connectivity index (χ1v) is 9.11. The molecule has 2 aliphatic rings. The average Bonchev–Trinajstić information content (AvgIpc) is 3.36. The first-order chi connectivity index (χ1) is 13.1. The van der Waals surface area contributed by atoms with Crippen LogP contribution < -0.4 is 14.8 Å². The van der Waals surface area contributed by atoms with Crippen LogP contribution in [0.25, 0.3) is 0 Å². The maximum Gasteiger partial charge on any atom is 0.242 e. The zero-order valence-electron chi connectivity index (χ0n) is 15.2. The molecule has 2 aromatic rings. The maximum atomic E-state index is 12.6. The highest BCUT2D eigenvalue weighted by molar-refractivity contribution is 5.90. The van der Waals surface area contributed by atoms with Gasteiger partial charge < -0.3 is 24.1 Å². The van der Waals surface area contributed by atoms with Crippen molar-refractivity contribution in [3.05, 3.63) is 47.4 Å². The van der Waals surface area contributed by atoms with Gasteiger partial charge in [0.2, 0.25) is 18.6 Å². The number of carbonyl (C=O) groups excluding carboxylic acids is 2. The number of hydrogen-bond acceptors (Lipinski definition) is 5. The van der Waals surface area contributed by atoms with E-state index < -0.39 is 6.04 Å². The number of likely N-dealkylation sites (tertiary alicyclic amines) is 1. The fraction of sp³-hybridized carbons (Fsp3) is 0.400. The molecule has 4 rings (SSSR count). The lowest BCUT2D eigenvalue weighted by molar-refractivity contribution is -0.135. The number of ether oxygens (including phenoxy) is 2. The Bertz CT molecular complexity index is 860. The van der Waals surface area contributed by atoms with E-state index in [1.165, 1.54) is 0 Å². The number of fused-ring (bicyclic) bond motifs is 1. The summed E-state index contributed by atoms with van der Waals surface area (Å²) in [5.74, 6) is 2.95. The van der Waals surface area contributed by atoms with Crippen LogP contribution in [0.3, 0.4) is 0 Å². The van der Waals surface area contributed by atoms with Crippen molar-refractivity contribution >= 4 is 11.8 Å². The highest BCUT2D eigenvalue weighted by Gasteiger charge is 2.36. The quantitative estimate of drug-likeness (QED) is 0.843. The summed E-state index contributed by atoms with van der Waals surface area (Å²) in [5.41, 5.74) is 0.915. The molecule has 3 heterocycles. The second-order valence-electron chi connectivity index (χ2n) is 6.82. The van der Waals surface area contributed by atoms with Crippen LogP contribution in [0.15, 0.2) is 34.7 Å². The molecule has 0 spiro atoms. The number of benzene rings is 1. The van der Waals surface area contributed by atoms with Crippen molar-refractivity contribution in [3.63, 3.8) is 0 Å². The van der Waals surface area contributed by atoms with Gasteiger partial charge in [0, 0.05) is 25.9 Å². The fourth-order valence-electron chi connectivity index (χ4n) is 3.49. The first-order valence-electron chi connectivity index (χ1n) is 9.11. The Kier molecular flexibility index (Phi) is 4.75. The van der Waals surface area contributed by atoms with Crippen LogP contribution in [0.4, 0.5) is 0 Å². The van der Waals surface area contributed by atoms with Crippen LogP contribution in [0.5, 0.6) is 11.5 Å². The second-order valence-corrected chi connectivity index (χ2v) is 6.82. The van der Waals surface area contributed by atoms with Gasteiger partial charge in [-0.05, 0) is 43.2 Å². The topological polar surface area (TPSA) is 81.0 Å². The predicted octanol–water partition coefficient (Wildman–Crippen LogP) is 2.17. The maximum absolute atomic E-state index is 12.6. The Morgan fingerprint density at radius 2 is 2.07 bits per heavy atom. The molecule has 1 unspecified atom stereocenters. The van der Waals surface area contributed by atoms with Gasteiger partial charge in [0.05, 0.1) is 0 Å². The average molecular weight is 370 g/mol. The third-order valence-electron chi connectivity index (χ3n) is 4.89. The third-order valence-corrected chi connectivity index (χ3v) is 4.89. The molecule has 2 aliphatic heterocycles. The minimum absolute atomic E-state index is 0.00511. The molecule has 7 heteroatoms. The Labute approximate surface area is 157 Å². The Morgan fingerprint density at radius 3 is 2.89 bits per heavy atom. The van der Waals surface area contributed by atoms with Gasteiger partial charge in [-0.2, -0.15) is 0 Å². The summed E-state index contributed by atoms with van der Waals surface area (Å²) >= 11 is 0. The van der Waals surface area contributed by atoms with Crippen molar-refractivity contribution < 1.29 is 23.5 Å². The van der Waals surface area contributed by atoms with Gasteiger partial charge in [-0.3, -0.25) is 9.59 Å². The van der Waals surface area contributed by atoms with Crippen LogP contribution in [0, 0.1) is 6.92 Å². The van der Waals surface area contributed by atoms with Crippen molar-refractivity contribution in [2.75, 3.05) is 13.3 Å². The molecule has 1 N–H and O–H groups in total. The minimum Gasteiger partial charge on any atom is -0.466 e. The number of nitrogens with zero attached hydrogens (tertiary/aromatic N) is 1. The van der Waals surface area contributed by atoms with Gasteiger partial charge in [-0.25, -0.2) is 0 Å². The summed E-state index contributed by atoms with van der Waals surface area (Å²) in [5, 5.41) is 2.92. The van der Waals surface area contributed by atoms with E-state index in [0.29, 0.717) is 43.9 Å². The van der Waals surface area contributed by atoms with Crippen molar-refractivity contribution in [1.82, 2.24) is 10.2 Å². The van der Waals surface area contributed by atoms with Crippen molar-refractivity contribution in [1.29, 1.82) is 0 Å². The van der Waals surface area contributed by atoms with Crippen LogP contribution >= 0.6 is 0 Å². The van der Waals surface area contributed by atoms with Crippen LogP contribution in [0.1, 0.15) is 29.9 Å². The van der Waals surface area contributed by atoms with E-state index in [9.17, 15) is 9.59 Å². The van der Waals surface area contributed by atoms with Crippen molar-refractivity contribution in [2.45, 2.75) is 38.8 Å². The molecule has 142 valence electrons.